The first-order valence-electron chi connectivity index (χ1n) is 6.16. The average molecular weight is 270 g/mol. The van der Waals surface area contributed by atoms with Crippen LogP contribution in [-0.4, -0.2) is 33.7 Å². The Bertz CT molecular complexity index is 416. The SMILES string of the molecule is CCc1nn(C)c(C(=O)NC(CC)CSC)c1N. The normalized spacial score (nSPS) is 12.4. The lowest BCUT2D eigenvalue weighted by molar-refractivity contribution is 0.0931. The molecular weight excluding hydrogens is 248 g/mol. The van der Waals surface area contributed by atoms with Crippen LogP contribution in [-0.2, 0) is 13.5 Å². The number of nitrogens with zero attached hydrogens (tertiary/aromatic N) is 2. The molecule has 0 saturated heterocycles. The number of nitrogens with two attached hydrogens (primary N) is 1. The van der Waals surface area contributed by atoms with Gasteiger partial charge in [0.2, 0.25) is 0 Å². The lowest BCUT2D eigenvalue weighted by Crippen LogP contribution is -2.37. The summed E-state index contributed by atoms with van der Waals surface area (Å²) in [5.74, 6) is 0.767. The van der Waals surface area contributed by atoms with E-state index in [0.29, 0.717) is 11.4 Å². The fourth-order valence-corrected chi connectivity index (χ4v) is 2.56. The highest BCUT2D eigenvalue weighted by Crippen LogP contribution is 2.17. The van der Waals surface area contributed by atoms with Crippen molar-refractivity contribution in [1.29, 1.82) is 0 Å². The Hall–Kier alpha value is -1.17. The minimum Gasteiger partial charge on any atom is -0.395 e. The minimum atomic E-state index is -0.136. The maximum absolute atomic E-state index is 12.2. The highest BCUT2D eigenvalue weighted by atomic mass is 32.2. The van der Waals surface area contributed by atoms with Crippen molar-refractivity contribution in [2.24, 2.45) is 7.05 Å². The smallest absolute Gasteiger partial charge is 0.271 e. The average Bonchev–Trinajstić information content (AvgIpc) is 2.63. The van der Waals surface area contributed by atoms with Crippen molar-refractivity contribution in [2.45, 2.75) is 32.7 Å². The van der Waals surface area contributed by atoms with E-state index in [4.69, 9.17) is 5.73 Å². The molecule has 0 aliphatic carbocycles. The lowest BCUT2D eigenvalue weighted by atomic mass is 10.2. The Morgan fingerprint density at radius 1 is 1.56 bits per heavy atom. The van der Waals surface area contributed by atoms with Crippen molar-refractivity contribution in [2.75, 3.05) is 17.7 Å². The van der Waals surface area contributed by atoms with E-state index in [1.165, 1.54) is 0 Å². The molecule has 1 aromatic rings. The molecule has 0 fully saturated rings. The van der Waals surface area contributed by atoms with Gasteiger partial charge >= 0.3 is 0 Å². The van der Waals surface area contributed by atoms with Gasteiger partial charge < -0.3 is 11.1 Å². The van der Waals surface area contributed by atoms with Gasteiger partial charge in [0.15, 0.2) is 0 Å². The van der Waals surface area contributed by atoms with Crippen LogP contribution in [0.3, 0.4) is 0 Å². The van der Waals surface area contributed by atoms with Crippen LogP contribution >= 0.6 is 11.8 Å². The summed E-state index contributed by atoms with van der Waals surface area (Å²) >= 11 is 1.72. The monoisotopic (exact) mass is 270 g/mol. The zero-order valence-corrected chi connectivity index (χ0v) is 12.3. The van der Waals surface area contributed by atoms with Crippen LogP contribution in [0.25, 0.3) is 0 Å². The molecule has 1 rings (SSSR count). The molecule has 0 aromatic carbocycles. The molecule has 0 aliphatic heterocycles. The Balaban J connectivity index is 2.87. The van der Waals surface area contributed by atoms with Gasteiger partial charge in [-0.1, -0.05) is 13.8 Å². The second-order valence-corrected chi connectivity index (χ2v) is 5.13. The molecule has 0 radical (unpaired) electrons. The number of thioether (sulfide) groups is 1. The van der Waals surface area contributed by atoms with Crippen molar-refractivity contribution in [3.05, 3.63) is 11.4 Å². The van der Waals surface area contributed by atoms with E-state index in [1.54, 1.807) is 23.5 Å². The Morgan fingerprint density at radius 3 is 2.67 bits per heavy atom. The molecule has 3 N–H and O–H groups in total. The molecule has 0 saturated carbocycles. The molecule has 102 valence electrons. The zero-order chi connectivity index (χ0) is 13.7. The molecule has 0 aliphatic rings. The van der Waals surface area contributed by atoms with Crippen LogP contribution in [0.1, 0.15) is 36.5 Å². The molecule has 18 heavy (non-hydrogen) atoms. The number of hydrogen-bond acceptors (Lipinski definition) is 4. The van der Waals surface area contributed by atoms with Crippen LogP contribution < -0.4 is 11.1 Å². The van der Waals surface area contributed by atoms with Crippen LogP contribution in [0.5, 0.6) is 0 Å². The predicted octanol–water partition coefficient (Wildman–Crippen LogP) is 1.44. The van der Waals surface area contributed by atoms with Crippen molar-refractivity contribution < 1.29 is 4.79 Å². The third-order valence-corrected chi connectivity index (χ3v) is 3.64. The predicted molar refractivity (Wildman–Crippen MR) is 76.9 cm³/mol. The second-order valence-electron chi connectivity index (χ2n) is 4.22. The lowest BCUT2D eigenvalue weighted by Gasteiger charge is -2.15. The Kier molecular flexibility index (Phi) is 5.53. The van der Waals surface area contributed by atoms with Crippen molar-refractivity contribution in [3.8, 4) is 0 Å². The maximum atomic E-state index is 12.2. The summed E-state index contributed by atoms with van der Waals surface area (Å²) < 4.78 is 1.56. The largest absolute Gasteiger partial charge is 0.395 e. The first-order valence-corrected chi connectivity index (χ1v) is 7.55. The Labute approximate surface area is 112 Å². The molecule has 6 heteroatoms. The van der Waals surface area contributed by atoms with Gasteiger partial charge in [-0.15, -0.1) is 0 Å². The summed E-state index contributed by atoms with van der Waals surface area (Å²) in [5, 5.41) is 7.26. The van der Waals surface area contributed by atoms with E-state index >= 15 is 0 Å². The van der Waals surface area contributed by atoms with E-state index < -0.39 is 0 Å². The molecule has 1 heterocycles. The van der Waals surface area contributed by atoms with E-state index in [-0.39, 0.29) is 11.9 Å². The molecular formula is C12H22N4OS. The van der Waals surface area contributed by atoms with E-state index in [9.17, 15) is 4.79 Å². The number of carbonyl (C=O) groups excluding carboxylic acids is 1. The first kappa shape index (κ1) is 14.9. The third kappa shape index (κ3) is 3.19. The van der Waals surface area contributed by atoms with Gasteiger partial charge in [-0.25, -0.2) is 0 Å². The van der Waals surface area contributed by atoms with Gasteiger partial charge in [0.25, 0.3) is 5.91 Å². The van der Waals surface area contributed by atoms with Crippen molar-refractivity contribution in [3.63, 3.8) is 0 Å². The van der Waals surface area contributed by atoms with Gasteiger partial charge in [0, 0.05) is 18.8 Å². The number of aromatic nitrogens is 2. The maximum Gasteiger partial charge on any atom is 0.271 e. The number of carbonyl (C=O) groups is 1. The van der Waals surface area contributed by atoms with E-state index in [0.717, 1.165) is 24.3 Å². The van der Waals surface area contributed by atoms with Crippen LogP contribution in [0.15, 0.2) is 0 Å². The number of amides is 1. The minimum absolute atomic E-state index is 0.136. The number of nitrogens with one attached hydrogen (secondary N) is 1. The van der Waals surface area contributed by atoms with Crippen LogP contribution in [0.4, 0.5) is 5.69 Å². The third-order valence-electron chi connectivity index (χ3n) is 2.91. The first-order chi connectivity index (χ1) is 8.54. The van der Waals surface area contributed by atoms with Gasteiger partial charge in [-0.3, -0.25) is 9.48 Å². The molecule has 0 bridgehead atoms. The number of rotatable bonds is 6. The molecule has 5 nitrogen and oxygen atoms in total. The number of anilines is 1. The van der Waals surface area contributed by atoms with Gasteiger partial charge in [-0.2, -0.15) is 16.9 Å². The van der Waals surface area contributed by atoms with Crippen molar-refractivity contribution >= 4 is 23.4 Å². The summed E-state index contributed by atoms with van der Waals surface area (Å²) in [7, 11) is 1.75. The summed E-state index contributed by atoms with van der Waals surface area (Å²) in [6.45, 7) is 4.04. The summed E-state index contributed by atoms with van der Waals surface area (Å²) in [5.41, 5.74) is 7.70. The van der Waals surface area contributed by atoms with E-state index in [2.05, 4.69) is 17.3 Å². The molecule has 1 atom stereocenters. The van der Waals surface area contributed by atoms with E-state index in [1.807, 2.05) is 13.2 Å². The topological polar surface area (TPSA) is 72.9 Å². The number of aryl methyl sites for hydroxylation is 2. The van der Waals surface area contributed by atoms with Gasteiger partial charge in [-0.05, 0) is 19.1 Å². The number of nitrogen functional groups attached to an aromatic ring is 1. The fourth-order valence-electron chi connectivity index (χ4n) is 1.84. The second kappa shape index (κ2) is 6.68. The van der Waals surface area contributed by atoms with Gasteiger partial charge in [0.1, 0.15) is 5.69 Å². The summed E-state index contributed by atoms with van der Waals surface area (Å²) in [4.78, 5) is 12.2. The summed E-state index contributed by atoms with van der Waals surface area (Å²) in [6, 6.07) is 0.173. The van der Waals surface area contributed by atoms with Crippen LogP contribution in [0.2, 0.25) is 0 Å². The quantitative estimate of drug-likeness (QED) is 0.820. The molecule has 0 spiro atoms. The number of hydrogen-bond donors (Lipinski definition) is 2. The highest BCUT2D eigenvalue weighted by molar-refractivity contribution is 7.98. The van der Waals surface area contributed by atoms with Crippen molar-refractivity contribution in [1.82, 2.24) is 15.1 Å². The van der Waals surface area contributed by atoms with Crippen LogP contribution in [0, 0.1) is 0 Å². The molecule has 1 aromatic heterocycles. The standard InChI is InChI=1S/C12H22N4OS/c1-5-8(7-18-4)14-12(17)11-10(13)9(6-2)15-16(11)3/h8H,5-7,13H2,1-4H3,(H,14,17). The zero-order valence-electron chi connectivity index (χ0n) is 11.5. The molecule has 1 unspecified atom stereocenters. The Morgan fingerprint density at radius 2 is 2.22 bits per heavy atom. The molecule has 1 amide bonds. The summed E-state index contributed by atoms with van der Waals surface area (Å²) in [6.07, 6.45) is 3.67. The highest BCUT2D eigenvalue weighted by Gasteiger charge is 2.20. The van der Waals surface area contributed by atoms with Gasteiger partial charge in [0.05, 0.1) is 11.4 Å². The fraction of sp³-hybridized carbons (Fsp3) is 0.667.